The molecule has 20 heavy (non-hydrogen) atoms. The van der Waals surface area contributed by atoms with Crippen molar-refractivity contribution in [1.82, 2.24) is 4.90 Å². The van der Waals surface area contributed by atoms with E-state index in [-0.39, 0.29) is 0 Å². The van der Waals surface area contributed by atoms with Crippen molar-refractivity contribution in [2.75, 3.05) is 26.7 Å². The number of methoxy groups -OCH3 is 1. The van der Waals surface area contributed by atoms with Crippen molar-refractivity contribution in [3.63, 3.8) is 0 Å². The molecule has 1 atom stereocenters. The van der Waals surface area contributed by atoms with Crippen molar-refractivity contribution in [3.05, 3.63) is 29.8 Å². The van der Waals surface area contributed by atoms with Crippen LogP contribution in [0.25, 0.3) is 0 Å². The van der Waals surface area contributed by atoms with Crippen LogP contribution in [0.5, 0.6) is 5.75 Å². The highest BCUT2D eigenvalue weighted by atomic mass is 16.5. The van der Waals surface area contributed by atoms with E-state index in [1.165, 1.54) is 24.8 Å². The fourth-order valence-corrected chi connectivity index (χ4v) is 2.63. The molecular formula is C16H25N3O. The van der Waals surface area contributed by atoms with E-state index in [2.05, 4.69) is 22.9 Å². The molecule has 0 radical (unpaired) electrons. The molecule has 0 bridgehead atoms. The Morgan fingerprint density at radius 1 is 1.30 bits per heavy atom. The van der Waals surface area contributed by atoms with Crippen molar-refractivity contribution in [3.8, 4) is 5.75 Å². The average Bonchev–Trinajstić information content (AvgIpc) is 2.53. The van der Waals surface area contributed by atoms with E-state index in [1.807, 2.05) is 18.2 Å². The van der Waals surface area contributed by atoms with Crippen molar-refractivity contribution in [2.24, 2.45) is 10.7 Å². The van der Waals surface area contributed by atoms with Gasteiger partial charge in [0.15, 0.2) is 5.96 Å². The van der Waals surface area contributed by atoms with Crippen molar-refractivity contribution in [2.45, 2.75) is 32.1 Å². The predicted molar refractivity (Wildman–Crippen MR) is 83.3 cm³/mol. The third kappa shape index (κ3) is 3.65. The quantitative estimate of drug-likeness (QED) is 0.679. The SMILES string of the molecule is COc1ccccc1C(C)CN=C(N)N1CCCCC1. The first-order chi connectivity index (χ1) is 9.72. The Kier molecular flexibility index (Phi) is 5.27. The fourth-order valence-electron chi connectivity index (χ4n) is 2.63. The molecule has 4 nitrogen and oxygen atoms in total. The van der Waals surface area contributed by atoms with Gasteiger partial charge in [-0.1, -0.05) is 25.1 Å². The number of hydrogen-bond donors (Lipinski definition) is 1. The molecule has 0 saturated carbocycles. The van der Waals surface area contributed by atoms with Crippen LogP contribution in [0.15, 0.2) is 29.3 Å². The average molecular weight is 275 g/mol. The van der Waals surface area contributed by atoms with E-state index in [0.29, 0.717) is 18.4 Å². The van der Waals surface area contributed by atoms with Gasteiger partial charge in [0.1, 0.15) is 5.75 Å². The van der Waals surface area contributed by atoms with Gasteiger partial charge in [0.2, 0.25) is 0 Å². The minimum Gasteiger partial charge on any atom is -0.496 e. The number of piperidine rings is 1. The monoisotopic (exact) mass is 275 g/mol. The number of para-hydroxylation sites is 1. The highest BCUT2D eigenvalue weighted by Crippen LogP contribution is 2.26. The van der Waals surface area contributed by atoms with Crippen LogP contribution in [0.3, 0.4) is 0 Å². The zero-order chi connectivity index (χ0) is 14.4. The van der Waals surface area contributed by atoms with Crippen LogP contribution in [-0.4, -0.2) is 37.6 Å². The van der Waals surface area contributed by atoms with Gasteiger partial charge in [-0.3, -0.25) is 4.99 Å². The minimum atomic E-state index is 0.300. The van der Waals surface area contributed by atoms with Gasteiger partial charge >= 0.3 is 0 Å². The van der Waals surface area contributed by atoms with E-state index < -0.39 is 0 Å². The summed E-state index contributed by atoms with van der Waals surface area (Å²) in [5, 5.41) is 0. The first-order valence-electron chi connectivity index (χ1n) is 7.40. The van der Waals surface area contributed by atoms with Gasteiger partial charge in [-0.25, -0.2) is 0 Å². The molecule has 1 saturated heterocycles. The van der Waals surface area contributed by atoms with Crippen LogP contribution in [0.1, 0.15) is 37.7 Å². The highest BCUT2D eigenvalue weighted by molar-refractivity contribution is 5.78. The number of hydrogen-bond acceptors (Lipinski definition) is 2. The largest absolute Gasteiger partial charge is 0.496 e. The third-order valence-electron chi connectivity index (χ3n) is 3.88. The van der Waals surface area contributed by atoms with Gasteiger partial charge in [0, 0.05) is 25.6 Å². The molecule has 1 aliphatic heterocycles. The van der Waals surface area contributed by atoms with Crippen LogP contribution in [0, 0.1) is 0 Å². The molecule has 4 heteroatoms. The second-order valence-corrected chi connectivity index (χ2v) is 5.39. The summed E-state index contributed by atoms with van der Waals surface area (Å²) in [5.41, 5.74) is 7.28. The second-order valence-electron chi connectivity index (χ2n) is 5.39. The normalized spacial score (nSPS) is 17.9. The molecule has 110 valence electrons. The van der Waals surface area contributed by atoms with Crippen LogP contribution in [0.4, 0.5) is 0 Å². The van der Waals surface area contributed by atoms with E-state index >= 15 is 0 Å². The van der Waals surface area contributed by atoms with Crippen molar-refractivity contribution in [1.29, 1.82) is 0 Å². The van der Waals surface area contributed by atoms with Gasteiger partial charge in [-0.2, -0.15) is 0 Å². The smallest absolute Gasteiger partial charge is 0.191 e. The number of aliphatic imine (C=N–C) groups is 1. The summed E-state index contributed by atoms with van der Waals surface area (Å²) in [6.07, 6.45) is 3.75. The molecule has 1 aliphatic rings. The van der Waals surface area contributed by atoms with E-state index in [4.69, 9.17) is 10.5 Å². The maximum absolute atomic E-state index is 6.09. The summed E-state index contributed by atoms with van der Waals surface area (Å²) >= 11 is 0. The van der Waals surface area contributed by atoms with Crippen molar-refractivity contribution >= 4 is 5.96 Å². The summed E-state index contributed by atoms with van der Waals surface area (Å²) < 4.78 is 5.40. The summed E-state index contributed by atoms with van der Waals surface area (Å²) in [6.45, 7) is 4.93. The Morgan fingerprint density at radius 2 is 2.00 bits per heavy atom. The third-order valence-corrected chi connectivity index (χ3v) is 3.88. The second kappa shape index (κ2) is 7.17. The molecule has 0 aromatic heterocycles. The van der Waals surface area contributed by atoms with Gasteiger partial charge < -0.3 is 15.4 Å². The minimum absolute atomic E-state index is 0.300. The molecule has 1 unspecified atom stereocenters. The number of benzene rings is 1. The Bertz CT molecular complexity index is 453. The molecule has 1 fully saturated rings. The lowest BCUT2D eigenvalue weighted by atomic mass is 10.0. The first kappa shape index (κ1) is 14.7. The van der Waals surface area contributed by atoms with Crippen LogP contribution in [-0.2, 0) is 0 Å². The Labute approximate surface area is 121 Å². The highest BCUT2D eigenvalue weighted by Gasteiger charge is 2.14. The molecule has 2 rings (SSSR count). The molecule has 1 aromatic carbocycles. The summed E-state index contributed by atoms with van der Waals surface area (Å²) in [5.74, 6) is 1.91. The number of nitrogens with zero attached hydrogens (tertiary/aromatic N) is 2. The lowest BCUT2D eigenvalue weighted by Gasteiger charge is -2.27. The van der Waals surface area contributed by atoms with Gasteiger partial charge in [-0.15, -0.1) is 0 Å². The molecule has 1 heterocycles. The molecule has 0 aliphatic carbocycles. The number of ether oxygens (including phenoxy) is 1. The van der Waals surface area contributed by atoms with E-state index in [9.17, 15) is 0 Å². The lowest BCUT2D eigenvalue weighted by Crippen LogP contribution is -2.41. The molecular weight excluding hydrogens is 250 g/mol. The first-order valence-corrected chi connectivity index (χ1v) is 7.40. The van der Waals surface area contributed by atoms with Crippen LogP contribution in [0.2, 0.25) is 0 Å². The Hall–Kier alpha value is -1.71. The summed E-state index contributed by atoms with van der Waals surface area (Å²) in [4.78, 5) is 6.76. The fraction of sp³-hybridized carbons (Fsp3) is 0.562. The maximum atomic E-state index is 6.09. The zero-order valence-electron chi connectivity index (χ0n) is 12.5. The Balaban J connectivity index is 1.98. The van der Waals surface area contributed by atoms with Gasteiger partial charge in [0.25, 0.3) is 0 Å². The van der Waals surface area contributed by atoms with E-state index in [1.54, 1.807) is 7.11 Å². The van der Waals surface area contributed by atoms with Crippen LogP contribution >= 0.6 is 0 Å². The topological polar surface area (TPSA) is 50.9 Å². The maximum Gasteiger partial charge on any atom is 0.191 e. The summed E-state index contributed by atoms with van der Waals surface area (Å²) in [6, 6.07) is 8.10. The van der Waals surface area contributed by atoms with Gasteiger partial charge in [-0.05, 0) is 30.9 Å². The number of guanidine groups is 1. The van der Waals surface area contributed by atoms with E-state index in [0.717, 1.165) is 18.8 Å². The molecule has 0 amide bonds. The van der Waals surface area contributed by atoms with Gasteiger partial charge in [0.05, 0.1) is 7.11 Å². The predicted octanol–water partition coefficient (Wildman–Crippen LogP) is 2.60. The zero-order valence-corrected chi connectivity index (χ0v) is 12.5. The molecule has 1 aromatic rings. The molecule has 2 N–H and O–H groups in total. The number of likely N-dealkylation sites (tertiary alicyclic amines) is 1. The van der Waals surface area contributed by atoms with Crippen LogP contribution < -0.4 is 10.5 Å². The van der Waals surface area contributed by atoms with Crippen molar-refractivity contribution < 1.29 is 4.74 Å². The summed E-state index contributed by atoms with van der Waals surface area (Å²) in [7, 11) is 1.71. The Morgan fingerprint density at radius 3 is 2.70 bits per heavy atom. The standard InChI is InChI=1S/C16H25N3O/c1-13(14-8-4-5-9-15(14)20-2)12-18-16(17)19-10-6-3-7-11-19/h4-5,8-9,13H,3,6-7,10-12H2,1-2H3,(H2,17,18). The number of nitrogens with two attached hydrogens (primary N) is 1. The lowest BCUT2D eigenvalue weighted by molar-refractivity contribution is 0.338. The molecule has 0 spiro atoms. The number of rotatable bonds is 4.